The van der Waals surface area contributed by atoms with Gasteiger partial charge in [0.15, 0.2) is 0 Å². The molecule has 0 aliphatic carbocycles. The maximum absolute atomic E-state index is 12.9. The van der Waals surface area contributed by atoms with E-state index in [1.807, 2.05) is 0 Å². The predicted octanol–water partition coefficient (Wildman–Crippen LogP) is 4.87. The third-order valence-electron chi connectivity index (χ3n) is 5.01. The van der Waals surface area contributed by atoms with E-state index in [4.69, 9.17) is 11.6 Å². The van der Waals surface area contributed by atoms with Gasteiger partial charge in [-0.15, -0.1) is 0 Å². The molecule has 3 aromatic carbocycles. The van der Waals surface area contributed by atoms with Gasteiger partial charge in [0.1, 0.15) is 6.54 Å². The van der Waals surface area contributed by atoms with Crippen LogP contribution < -0.4 is 14.3 Å². The van der Waals surface area contributed by atoms with Crippen LogP contribution >= 0.6 is 11.6 Å². The summed E-state index contributed by atoms with van der Waals surface area (Å²) in [6, 6.07) is 13.1. The zero-order valence-corrected chi connectivity index (χ0v) is 21.8. The van der Waals surface area contributed by atoms with E-state index in [1.54, 1.807) is 13.0 Å². The highest BCUT2D eigenvalue weighted by Crippen LogP contribution is 2.31. The molecule has 0 aliphatic rings. The second kappa shape index (κ2) is 10.6. The highest BCUT2D eigenvalue weighted by atomic mass is 35.5. The fourth-order valence-electron chi connectivity index (χ4n) is 3.30. The number of rotatable bonds is 8. The number of benzene rings is 3. The Morgan fingerprint density at radius 3 is 2.16 bits per heavy atom. The van der Waals surface area contributed by atoms with Crippen molar-refractivity contribution in [2.45, 2.75) is 18.0 Å². The highest BCUT2D eigenvalue weighted by Gasteiger charge is 2.31. The summed E-state index contributed by atoms with van der Waals surface area (Å²) in [5, 5.41) is 2.89. The Labute approximate surface area is 217 Å². The summed E-state index contributed by atoms with van der Waals surface area (Å²) in [5.74, 6) is -0.697. The first-order valence-electron chi connectivity index (χ1n) is 10.4. The second-order valence-electron chi connectivity index (χ2n) is 7.96. The molecule has 37 heavy (non-hydrogen) atoms. The number of aryl methyl sites for hydroxylation is 1. The Bertz CT molecular complexity index is 1530. The summed E-state index contributed by atoms with van der Waals surface area (Å²) in [6.45, 7) is 1.09. The maximum Gasteiger partial charge on any atom is 0.416 e. The van der Waals surface area contributed by atoms with Crippen LogP contribution in [0.4, 0.5) is 30.2 Å². The van der Waals surface area contributed by atoms with Crippen molar-refractivity contribution in [1.82, 2.24) is 0 Å². The van der Waals surface area contributed by atoms with Crippen LogP contribution in [0.25, 0.3) is 0 Å². The Hall–Kier alpha value is -3.29. The van der Waals surface area contributed by atoms with Gasteiger partial charge in [-0.1, -0.05) is 17.7 Å². The molecule has 0 aromatic heterocycles. The standard InChI is InChI=1S/C23H21ClF3N3O5S2/c1-15-12-17(24)6-11-21(15)30(36(2,32)33)14-22(31)28-18-7-9-20(10-8-18)37(34,35)29-19-5-3-4-16(13-19)23(25,26)27/h3-13,29H,14H2,1-2H3,(H,28,31). The summed E-state index contributed by atoms with van der Waals surface area (Å²) in [5.41, 5.74) is -0.310. The molecule has 0 fully saturated rings. The first-order chi connectivity index (χ1) is 17.1. The summed E-state index contributed by atoms with van der Waals surface area (Å²) in [4.78, 5) is 12.3. The number of carbonyl (C=O) groups excluding carboxylic acids is 1. The molecular weight excluding hydrogens is 555 g/mol. The zero-order valence-electron chi connectivity index (χ0n) is 19.4. The Kier molecular flexibility index (Phi) is 8.10. The van der Waals surface area contributed by atoms with E-state index in [0.717, 1.165) is 34.8 Å². The molecule has 3 rings (SSSR count). The van der Waals surface area contributed by atoms with Crippen LogP contribution in [0.15, 0.2) is 71.6 Å². The first-order valence-corrected chi connectivity index (χ1v) is 14.1. The number of nitrogens with zero attached hydrogens (tertiary/aromatic N) is 1. The summed E-state index contributed by atoms with van der Waals surface area (Å²) in [6.07, 6.45) is -3.69. The molecule has 0 heterocycles. The first kappa shape index (κ1) is 28.3. The number of alkyl halides is 3. The summed E-state index contributed by atoms with van der Waals surface area (Å²) >= 11 is 5.92. The fourth-order valence-corrected chi connectivity index (χ4v) is 5.49. The molecule has 3 aromatic rings. The minimum Gasteiger partial charge on any atom is -0.325 e. The molecule has 2 N–H and O–H groups in total. The monoisotopic (exact) mass is 575 g/mol. The van der Waals surface area contributed by atoms with Crippen molar-refractivity contribution in [1.29, 1.82) is 0 Å². The van der Waals surface area contributed by atoms with Gasteiger partial charge in [-0.2, -0.15) is 13.2 Å². The Morgan fingerprint density at radius 2 is 1.59 bits per heavy atom. The Balaban J connectivity index is 1.73. The molecule has 0 bridgehead atoms. The van der Waals surface area contributed by atoms with Crippen molar-refractivity contribution in [2.75, 3.05) is 27.1 Å². The third kappa shape index (κ3) is 7.37. The number of hydrogen-bond donors (Lipinski definition) is 2. The molecule has 198 valence electrons. The second-order valence-corrected chi connectivity index (χ2v) is 12.0. The lowest BCUT2D eigenvalue weighted by atomic mass is 10.2. The largest absolute Gasteiger partial charge is 0.416 e. The van der Waals surface area contributed by atoms with Crippen molar-refractivity contribution < 1.29 is 34.8 Å². The van der Waals surface area contributed by atoms with Crippen molar-refractivity contribution in [3.63, 3.8) is 0 Å². The number of amides is 1. The minimum atomic E-state index is -4.64. The van der Waals surface area contributed by atoms with Crippen molar-refractivity contribution in [3.05, 3.63) is 82.9 Å². The van der Waals surface area contributed by atoms with Gasteiger partial charge in [-0.05, 0) is 73.2 Å². The van der Waals surface area contributed by atoms with Crippen LogP contribution in [0.5, 0.6) is 0 Å². The maximum atomic E-state index is 12.9. The Morgan fingerprint density at radius 1 is 0.946 bits per heavy atom. The number of hydrogen-bond acceptors (Lipinski definition) is 5. The van der Waals surface area contributed by atoms with Crippen LogP contribution in [0.1, 0.15) is 11.1 Å². The summed E-state index contributed by atoms with van der Waals surface area (Å²) < 4.78 is 91.5. The van der Waals surface area contributed by atoms with Crippen LogP contribution in [0.3, 0.4) is 0 Å². The zero-order chi connectivity index (χ0) is 27.6. The quantitative estimate of drug-likeness (QED) is 0.398. The van der Waals surface area contributed by atoms with Gasteiger partial charge in [0.05, 0.1) is 22.4 Å². The smallest absolute Gasteiger partial charge is 0.325 e. The number of halogens is 4. The van der Waals surface area contributed by atoms with Crippen LogP contribution in [-0.4, -0.2) is 35.5 Å². The molecule has 0 atom stereocenters. The van der Waals surface area contributed by atoms with Gasteiger partial charge in [0, 0.05) is 16.4 Å². The van der Waals surface area contributed by atoms with Crippen molar-refractivity contribution in [2.24, 2.45) is 0 Å². The normalized spacial score (nSPS) is 12.2. The van der Waals surface area contributed by atoms with Crippen LogP contribution in [-0.2, 0) is 31.0 Å². The molecule has 0 radical (unpaired) electrons. The summed E-state index contributed by atoms with van der Waals surface area (Å²) in [7, 11) is -8.07. The lowest BCUT2D eigenvalue weighted by Gasteiger charge is -2.23. The molecule has 0 saturated heterocycles. The number of anilines is 3. The number of nitrogens with one attached hydrogen (secondary N) is 2. The van der Waals surface area contributed by atoms with Crippen LogP contribution in [0.2, 0.25) is 5.02 Å². The predicted molar refractivity (Wildman–Crippen MR) is 136 cm³/mol. The fraction of sp³-hybridized carbons (Fsp3) is 0.174. The topological polar surface area (TPSA) is 113 Å². The number of sulfonamides is 2. The van der Waals surface area contributed by atoms with E-state index in [9.17, 15) is 34.8 Å². The molecule has 0 saturated carbocycles. The van der Waals surface area contributed by atoms with Gasteiger partial charge in [0.2, 0.25) is 15.9 Å². The van der Waals surface area contributed by atoms with E-state index in [-0.39, 0.29) is 22.0 Å². The average molecular weight is 576 g/mol. The van der Waals surface area contributed by atoms with E-state index >= 15 is 0 Å². The van der Waals surface area contributed by atoms with Crippen LogP contribution in [0, 0.1) is 6.92 Å². The van der Waals surface area contributed by atoms with E-state index in [2.05, 4.69) is 10.0 Å². The van der Waals surface area contributed by atoms with Gasteiger partial charge >= 0.3 is 6.18 Å². The molecule has 1 amide bonds. The molecule has 0 unspecified atom stereocenters. The third-order valence-corrected chi connectivity index (χ3v) is 7.76. The van der Waals surface area contributed by atoms with E-state index in [0.29, 0.717) is 16.7 Å². The SMILES string of the molecule is Cc1cc(Cl)ccc1N(CC(=O)Nc1ccc(S(=O)(=O)Nc2cccc(C(F)(F)F)c2)cc1)S(C)(=O)=O. The van der Waals surface area contributed by atoms with Crippen molar-refractivity contribution in [3.8, 4) is 0 Å². The number of carbonyl (C=O) groups is 1. The molecule has 0 spiro atoms. The van der Waals surface area contributed by atoms with Gasteiger partial charge in [0.25, 0.3) is 10.0 Å². The van der Waals surface area contributed by atoms with E-state index < -0.39 is 44.2 Å². The average Bonchev–Trinajstić information content (AvgIpc) is 2.77. The molecule has 14 heteroatoms. The van der Waals surface area contributed by atoms with Gasteiger partial charge < -0.3 is 5.32 Å². The van der Waals surface area contributed by atoms with Crippen molar-refractivity contribution >= 4 is 54.6 Å². The minimum absolute atomic E-state index is 0.171. The molecule has 0 aliphatic heterocycles. The van der Waals surface area contributed by atoms with Gasteiger partial charge in [-0.25, -0.2) is 16.8 Å². The lowest BCUT2D eigenvalue weighted by Crippen LogP contribution is -2.37. The van der Waals surface area contributed by atoms with Gasteiger partial charge in [-0.3, -0.25) is 13.8 Å². The lowest BCUT2D eigenvalue weighted by molar-refractivity contribution is -0.137. The highest BCUT2D eigenvalue weighted by molar-refractivity contribution is 7.92. The molecular formula is C23H21ClF3N3O5S2. The molecule has 8 nitrogen and oxygen atoms in total. The van der Waals surface area contributed by atoms with E-state index in [1.165, 1.54) is 30.3 Å².